The average Bonchev–Trinajstić information content (AvgIpc) is 2.54. The van der Waals surface area contributed by atoms with Crippen molar-refractivity contribution < 1.29 is 9.53 Å². The van der Waals surface area contributed by atoms with Crippen molar-refractivity contribution in [2.75, 3.05) is 26.2 Å². The van der Waals surface area contributed by atoms with Gasteiger partial charge in [0.05, 0.1) is 13.2 Å². The second-order valence-electron chi connectivity index (χ2n) is 5.55. The number of rotatable bonds is 6. The molecule has 0 saturated carbocycles. The SMILES string of the molecule is CCOc1ccc(C(C)NCC(=O)N2CCCCC2)cc1. The highest BCUT2D eigenvalue weighted by Crippen LogP contribution is 2.17. The summed E-state index contributed by atoms with van der Waals surface area (Å²) in [5.74, 6) is 1.10. The molecule has 0 aromatic heterocycles. The van der Waals surface area contributed by atoms with Gasteiger partial charge in [-0.05, 0) is 50.8 Å². The minimum Gasteiger partial charge on any atom is -0.494 e. The van der Waals surface area contributed by atoms with Gasteiger partial charge in [0.2, 0.25) is 5.91 Å². The van der Waals surface area contributed by atoms with Gasteiger partial charge in [0.25, 0.3) is 0 Å². The molecule has 1 aliphatic rings. The molecule has 0 aliphatic carbocycles. The van der Waals surface area contributed by atoms with Crippen LogP contribution in [0, 0.1) is 0 Å². The smallest absolute Gasteiger partial charge is 0.236 e. The Balaban J connectivity index is 1.80. The van der Waals surface area contributed by atoms with Crippen LogP contribution in [-0.4, -0.2) is 37.0 Å². The number of hydrogen-bond donors (Lipinski definition) is 1. The monoisotopic (exact) mass is 290 g/mol. The number of benzene rings is 1. The van der Waals surface area contributed by atoms with Crippen molar-refractivity contribution in [2.24, 2.45) is 0 Å². The first-order valence-electron chi connectivity index (χ1n) is 7.94. The summed E-state index contributed by atoms with van der Waals surface area (Å²) in [5.41, 5.74) is 1.17. The number of carbonyl (C=O) groups excluding carboxylic acids is 1. The normalized spacial score (nSPS) is 16.6. The third kappa shape index (κ3) is 4.74. The molecule has 1 unspecified atom stereocenters. The van der Waals surface area contributed by atoms with Crippen molar-refractivity contribution in [1.29, 1.82) is 0 Å². The molecule has 1 amide bonds. The van der Waals surface area contributed by atoms with E-state index in [1.54, 1.807) is 0 Å². The van der Waals surface area contributed by atoms with Gasteiger partial charge in [0, 0.05) is 19.1 Å². The fourth-order valence-corrected chi connectivity index (χ4v) is 2.63. The molecule has 4 heteroatoms. The summed E-state index contributed by atoms with van der Waals surface area (Å²) in [4.78, 5) is 14.1. The van der Waals surface area contributed by atoms with Gasteiger partial charge in [-0.1, -0.05) is 12.1 Å². The Labute approximate surface area is 127 Å². The highest BCUT2D eigenvalue weighted by molar-refractivity contribution is 5.78. The molecular formula is C17H26N2O2. The van der Waals surface area contributed by atoms with E-state index in [2.05, 4.69) is 12.2 Å². The van der Waals surface area contributed by atoms with Crippen molar-refractivity contribution in [1.82, 2.24) is 10.2 Å². The number of carbonyl (C=O) groups is 1. The first-order chi connectivity index (χ1) is 10.2. The maximum Gasteiger partial charge on any atom is 0.236 e. The van der Waals surface area contributed by atoms with Gasteiger partial charge >= 0.3 is 0 Å². The topological polar surface area (TPSA) is 41.6 Å². The van der Waals surface area contributed by atoms with E-state index < -0.39 is 0 Å². The summed E-state index contributed by atoms with van der Waals surface area (Å²) >= 11 is 0. The van der Waals surface area contributed by atoms with Gasteiger partial charge in [0.1, 0.15) is 5.75 Å². The van der Waals surface area contributed by atoms with Crippen LogP contribution < -0.4 is 10.1 Å². The minimum absolute atomic E-state index is 0.161. The van der Waals surface area contributed by atoms with Crippen molar-refractivity contribution in [3.05, 3.63) is 29.8 Å². The second kappa shape index (κ2) is 8.03. The molecule has 1 aromatic rings. The highest BCUT2D eigenvalue weighted by Gasteiger charge is 2.17. The van der Waals surface area contributed by atoms with Crippen LogP contribution in [-0.2, 0) is 4.79 Å². The van der Waals surface area contributed by atoms with E-state index in [0.29, 0.717) is 13.2 Å². The van der Waals surface area contributed by atoms with Gasteiger partial charge in [0.15, 0.2) is 0 Å². The van der Waals surface area contributed by atoms with Crippen molar-refractivity contribution >= 4 is 5.91 Å². The first-order valence-corrected chi connectivity index (χ1v) is 7.94. The van der Waals surface area contributed by atoms with Crippen molar-refractivity contribution in [3.63, 3.8) is 0 Å². The zero-order chi connectivity index (χ0) is 15.1. The predicted octanol–water partition coefficient (Wildman–Crippen LogP) is 2.75. The van der Waals surface area contributed by atoms with E-state index in [-0.39, 0.29) is 11.9 Å². The lowest BCUT2D eigenvalue weighted by Gasteiger charge is -2.27. The number of hydrogen-bond acceptors (Lipinski definition) is 3. The van der Waals surface area contributed by atoms with Crippen molar-refractivity contribution in [3.8, 4) is 5.75 Å². The molecule has 0 spiro atoms. The molecule has 1 N–H and O–H groups in total. The van der Waals surface area contributed by atoms with E-state index in [4.69, 9.17) is 4.74 Å². The van der Waals surface area contributed by atoms with E-state index in [1.807, 2.05) is 36.1 Å². The Morgan fingerprint density at radius 2 is 1.90 bits per heavy atom. The lowest BCUT2D eigenvalue weighted by atomic mass is 10.1. The molecule has 0 radical (unpaired) electrons. The summed E-state index contributed by atoms with van der Waals surface area (Å²) in [7, 11) is 0. The van der Waals surface area contributed by atoms with E-state index in [0.717, 1.165) is 31.7 Å². The van der Waals surface area contributed by atoms with Gasteiger partial charge in [-0.15, -0.1) is 0 Å². The van der Waals surface area contributed by atoms with Crippen LogP contribution in [0.2, 0.25) is 0 Å². The van der Waals surface area contributed by atoms with Crippen LogP contribution in [0.4, 0.5) is 0 Å². The zero-order valence-electron chi connectivity index (χ0n) is 13.1. The third-order valence-electron chi connectivity index (χ3n) is 3.96. The molecule has 1 aromatic carbocycles. The van der Waals surface area contributed by atoms with Crippen LogP contribution in [0.3, 0.4) is 0 Å². The van der Waals surface area contributed by atoms with Crippen molar-refractivity contribution in [2.45, 2.75) is 39.2 Å². The summed E-state index contributed by atoms with van der Waals surface area (Å²) < 4.78 is 5.44. The number of nitrogens with one attached hydrogen (secondary N) is 1. The Morgan fingerprint density at radius 1 is 1.24 bits per heavy atom. The lowest BCUT2D eigenvalue weighted by Crippen LogP contribution is -2.41. The maximum atomic E-state index is 12.1. The van der Waals surface area contributed by atoms with Crippen LogP contribution >= 0.6 is 0 Å². The molecule has 0 bridgehead atoms. The summed E-state index contributed by atoms with van der Waals surface area (Å²) in [6.45, 7) is 6.98. The van der Waals surface area contributed by atoms with E-state index in [1.165, 1.54) is 12.0 Å². The molecule has 21 heavy (non-hydrogen) atoms. The molecule has 1 saturated heterocycles. The Morgan fingerprint density at radius 3 is 2.52 bits per heavy atom. The number of likely N-dealkylation sites (tertiary alicyclic amines) is 1. The number of nitrogens with zero attached hydrogens (tertiary/aromatic N) is 1. The molecule has 2 rings (SSSR count). The van der Waals surface area contributed by atoms with Gasteiger partial charge in [-0.25, -0.2) is 0 Å². The fraction of sp³-hybridized carbons (Fsp3) is 0.588. The van der Waals surface area contributed by atoms with E-state index >= 15 is 0 Å². The summed E-state index contributed by atoms with van der Waals surface area (Å²) in [6, 6.07) is 8.21. The number of piperidine rings is 1. The predicted molar refractivity (Wildman–Crippen MR) is 84.5 cm³/mol. The largest absolute Gasteiger partial charge is 0.494 e. The zero-order valence-corrected chi connectivity index (χ0v) is 13.1. The minimum atomic E-state index is 0.161. The van der Waals surface area contributed by atoms with E-state index in [9.17, 15) is 4.79 Å². The van der Waals surface area contributed by atoms with Crippen LogP contribution in [0.15, 0.2) is 24.3 Å². The van der Waals surface area contributed by atoms with Gasteiger partial charge < -0.3 is 15.0 Å². The summed E-state index contributed by atoms with van der Waals surface area (Å²) in [5, 5.41) is 3.32. The Bertz CT molecular complexity index is 439. The molecular weight excluding hydrogens is 264 g/mol. The second-order valence-corrected chi connectivity index (χ2v) is 5.55. The van der Waals surface area contributed by atoms with Crippen LogP contribution in [0.1, 0.15) is 44.7 Å². The summed E-state index contributed by atoms with van der Waals surface area (Å²) in [6.07, 6.45) is 3.53. The number of amides is 1. The number of ether oxygens (including phenoxy) is 1. The highest BCUT2D eigenvalue weighted by atomic mass is 16.5. The molecule has 1 heterocycles. The van der Waals surface area contributed by atoms with Gasteiger partial charge in [-0.3, -0.25) is 4.79 Å². The molecule has 1 aliphatic heterocycles. The van der Waals surface area contributed by atoms with Crippen LogP contribution in [0.5, 0.6) is 5.75 Å². The van der Waals surface area contributed by atoms with Gasteiger partial charge in [-0.2, -0.15) is 0 Å². The van der Waals surface area contributed by atoms with Crippen LogP contribution in [0.25, 0.3) is 0 Å². The first kappa shape index (κ1) is 15.8. The third-order valence-corrected chi connectivity index (χ3v) is 3.96. The quantitative estimate of drug-likeness (QED) is 0.876. The standard InChI is InChI=1S/C17H26N2O2/c1-3-21-16-9-7-15(8-10-16)14(2)18-13-17(20)19-11-5-4-6-12-19/h7-10,14,18H,3-6,11-13H2,1-2H3. The molecule has 116 valence electrons. The maximum absolute atomic E-state index is 12.1. The fourth-order valence-electron chi connectivity index (χ4n) is 2.63. The molecule has 1 fully saturated rings. The molecule has 4 nitrogen and oxygen atoms in total. The average molecular weight is 290 g/mol. The Hall–Kier alpha value is -1.55. The molecule has 1 atom stereocenters. The Kier molecular flexibility index (Phi) is 6.05. The lowest BCUT2D eigenvalue weighted by molar-refractivity contribution is -0.131.